The van der Waals surface area contributed by atoms with E-state index in [0.29, 0.717) is 24.5 Å². The van der Waals surface area contributed by atoms with Gasteiger partial charge in [-0.15, -0.1) is 0 Å². The molecule has 0 aliphatic carbocycles. The van der Waals surface area contributed by atoms with Crippen LogP contribution >= 0.6 is 0 Å². The van der Waals surface area contributed by atoms with Gasteiger partial charge < -0.3 is 19.7 Å². The molecule has 0 saturated carbocycles. The van der Waals surface area contributed by atoms with Crippen molar-refractivity contribution < 1.29 is 14.3 Å². The molecule has 0 fully saturated rings. The van der Waals surface area contributed by atoms with Gasteiger partial charge in [-0.2, -0.15) is 0 Å². The monoisotopic (exact) mass is 412 g/mol. The predicted molar refractivity (Wildman–Crippen MR) is 124 cm³/mol. The molecule has 5 nitrogen and oxygen atoms in total. The summed E-state index contributed by atoms with van der Waals surface area (Å²) in [5, 5.41) is 3.03. The van der Waals surface area contributed by atoms with Gasteiger partial charge in [-0.3, -0.25) is 4.79 Å². The summed E-state index contributed by atoms with van der Waals surface area (Å²) in [5.41, 5.74) is 2.63. The van der Waals surface area contributed by atoms with E-state index in [4.69, 9.17) is 9.47 Å². The number of ether oxygens (including phenoxy) is 2. The molecule has 2 aromatic rings. The maximum Gasteiger partial charge on any atom is 0.251 e. The maximum absolute atomic E-state index is 12.6. The van der Waals surface area contributed by atoms with Crippen LogP contribution in [-0.2, 0) is 0 Å². The fraction of sp³-hybridized carbons (Fsp3) is 0.480. The molecule has 0 aliphatic rings. The number of nitrogens with one attached hydrogen (secondary N) is 1. The summed E-state index contributed by atoms with van der Waals surface area (Å²) in [6.45, 7) is 10.9. The quantitative estimate of drug-likeness (QED) is 0.470. The highest BCUT2D eigenvalue weighted by molar-refractivity contribution is 5.95. The van der Waals surface area contributed by atoms with Crippen LogP contribution in [0.5, 0.6) is 11.5 Å². The number of benzene rings is 2. The Labute approximate surface area is 181 Å². The van der Waals surface area contributed by atoms with Crippen molar-refractivity contribution >= 4 is 5.91 Å². The first kappa shape index (κ1) is 23.7. The van der Waals surface area contributed by atoms with Crippen molar-refractivity contribution in [3.63, 3.8) is 0 Å². The minimum atomic E-state index is -0.0390. The van der Waals surface area contributed by atoms with Crippen LogP contribution in [0.15, 0.2) is 42.5 Å². The van der Waals surface area contributed by atoms with E-state index in [1.165, 1.54) is 0 Å². The van der Waals surface area contributed by atoms with E-state index in [1.54, 1.807) is 7.11 Å². The Bertz CT molecular complexity index is 788. The van der Waals surface area contributed by atoms with Crippen molar-refractivity contribution in [2.75, 3.05) is 39.9 Å². The third kappa shape index (κ3) is 7.06. The molecular weight excluding hydrogens is 376 g/mol. The fourth-order valence-corrected chi connectivity index (χ4v) is 3.28. The average Bonchev–Trinajstić information content (AvgIpc) is 2.79. The van der Waals surface area contributed by atoms with Crippen LogP contribution in [0.4, 0.5) is 0 Å². The summed E-state index contributed by atoms with van der Waals surface area (Å²) in [6, 6.07) is 13.6. The first-order valence-electron chi connectivity index (χ1n) is 11.0. The maximum atomic E-state index is 12.6. The predicted octanol–water partition coefficient (Wildman–Crippen LogP) is 5.00. The van der Waals surface area contributed by atoms with Crippen LogP contribution in [-0.4, -0.2) is 50.7 Å². The number of hydrogen-bond acceptors (Lipinski definition) is 4. The highest BCUT2D eigenvalue weighted by Gasteiger charge is 2.10. The van der Waals surface area contributed by atoms with E-state index < -0.39 is 0 Å². The van der Waals surface area contributed by atoms with E-state index >= 15 is 0 Å². The lowest BCUT2D eigenvalue weighted by atomic mass is 10.0. The second-order valence-electron chi connectivity index (χ2n) is 7.28. The zero-order valence-electron chi connectivity index (χ0n) is 18.9. The van der Waals surface area contributed by atoms with Gasteiger partial charge in [0.25, 0.3) is 5.91 Å². The van der Waals surface area contributed by atoms with Gasteiger partial charge in [-0.25, -0.2) is 0 Å². The lowest BCUT2D eigenvalue weighted by Crippen LogP contribution is -2.29. The molecule has 0 radical (unpaired) electrons. The molecule has 5 heteroatoms. The standard InChI is InChI=1S/C25H36N2O3/c1-5-8-17-30-23-14-13-21(19-24(23)29-4)20-11-9-12-22(18-20)25(28)26-15-10-16-27(6-2)7-3/h9,11-14,18-19H,5-8,10,15-17H2,1-4H3,(H,26,28). The molecule has 0 bridgehead atoms. The lowest BCUT2D eigenvalue weighted by Gasteiger charge is -2.17. The number of hydrogen-bond donors (Lipinski definition) is 1. The molecule has 30 heavy (non-hydrogen) atoms. The average molecular weight is 413 g/mol. The SMILES string of the molecule is CCCCOc1ccc(-c2cccc(C(=O)NCCCN(CC)CC)c2)cc1OC. The summed E-state index contributed by atoms with van der Waals surface area (Å²) in [7, 11) is 1.65. The van der Waals surface area contributed by atoms with Crippen molar-refractivity contribution in [3.8, 4) is 22.6 Å². The summed E-state index contributed by atoms with van der Waals surface area (Å²) in [6.07, 6.45) is 3.05. The van der Waals surface area contributed by atoms with Crippen molar-refractivity contribution in [1.82, 2.24) is 10.2 Å². The first-order valence-corrected chi connectivity index (χ1v) is 11.0. The smallest absolute Gasteiger partial charge is 0.251 e. The number of carbonyl (C=O) groups excluding carboxylic acids is 1. The Kier molecular flexibility index (Phi) is 10.2. The number of unbranched alkanes of at least 4 members (excludes halogenated alkanes) is 1. The van der Waals surface area contributed by atoms with Crippen LogP contribution in [0.25, 0.3) is 11.1 Å². The molecule has 1 amide bonds. The van der Waals surface area contributed by atoms with Gasteiger partial charge in [0.1, 0.15) is 0 Å². The molecule has 164 valence electrons. The molecule has 0 spiro atoms. The molecular formula is C25H36N2O3. The first-order chi connectivity index (χ1) is 14.6. The van der Waals surface area contributed by atoms with Gasteiger partial charge in [0.05, 0.1) is 13.7 Å². The van der Waals surface area contributed by atoms with Crippen LogP contribution in [0.2, 0.25) is 0 Å². The Morgan fingerprint density at radius 1 is 0.967 bits per heavy atom. The van der Waals surface area contributed by atoms with Gasteiger partial charge >= 0.3 is 0 Å². The second kappa shape index (κ2) is 12.9. The molecule has 1 N–H and O–H groups in total. The van der Waals surface area contributed by atoms with Gasteiger partial charge in [-0.1, -0.05) is 45.4 Å². The summed E-state index contributed by atoms with van der Waals surface area (Å²) in [4.78, 5) is 14.9. The van der Waals surface area contributed by atoms with E-state index in [-0.39, 0.29) is 5.91 Å². The summed E-state index contributed by atoms with van der Waals surface area (Å²) < 4.78 is 11.3. The number of rotatable bonds is 13. The Morgan fingerprint density at radius 3 is 2.43 bits per heavy atom. The van der Waals surface area contributed by atoms with Gasteiger partial charge in [0.15, 0.2) is 11.5 Å². The molecule has 0 atom stereocenters. The lowest BCUT2D eigenvalue weighted by molar-refractivity contribution is 0.0952. The summed E-state index contributed by atoms with van der Waals surface area (Å²) >= 11 is 0. The summed E-state index contributed by atoms with van der Waals surface area (Å²) in [5.74, 6) is 1.41. The van der Waals surface area contributed by atoms with E-state index in [0.717, 1.165) is 55.8 Å². The fourth-order valence-electron chi connectivity index (χ4n) is 3.28. The molecule has 2 rings (SSSR count). The van der Waals surface area contributed by atoms with Gasteiger partial charge in [-0.05, 0) is 67.9 Å². The van der Waals surface area contributed by atoms with Crippen molar-refractivity contribution in [1.29, 1.82) is 0 Å². The number of nitrogens with zero attached hydrogens (tertiary/aromatic N) is 1. The molecule has 0 unspecified atom stereocenters. The van der Waals surface area contributed by atoms with Crippen molar-refractivity contribution in [3.05, 3.63) is 48.0 Å². The Balaban J connectivity index is 2.02. The van der Waals surface area contributed by atoms with Crippen LogP contribution < -0.4 is 14.8 Å². The minimum Gasteiger partial charge on any atom is -0.493 e. The number of amides is 1. The minimum absolute atomic E-state index is 0.0390. The van der Waals surface area contributed by atoms with Crippen LogP contribution in [0.1, 0.15) is 50.4 Å². The normalized spacial score (nSPS) is 10.8. The Hall–Kier alpha value is -2.53. The largest absolute Gasteiger partial charge is 0.493 e. The van der Waals surface area contributed by atoms with Gasteiger partial charge in [0.2, 0.25) is 0 Å². The second-order valence-corrected chi connectivity index (χ2v) is 7.28. The number of carbonyl (C=O) groups is 1. The highest BCUT2D eigenvalue weighted by atomic mass is 16.5. The third-order valence-corrected chi connectivity index (χ3v) is 5.21. The van der Waals surface area contributed by atoms with E-state index in [9.17, 15) is 4.79 Å². The van der Waals surface area contributed by atoms with E-state index in [1.807, 2.05) is 42.5 Å². The molecule has 0 aromatic heterocycles. The van der Waals surface area contributed by atoms with Crippen molar-refractivity contribution in [2.45, 2.75) is 40.0 Å². The van der Waals surface area contributed by atoms with Gasteiger partial charge in [0, 0.05) is 12.1 Å². The molecule has 0 saturated heterocycles. The van der Waals surface area contributed by atoms with Crippen LogP contribution in [0, 0.1) is 0 Å². The third-order valence-electron chi connectivity index (χ3n) is 5.21. The molecule has 0 heterocycles. The highest BCUT2D eigenvalue weighted by Crippen LogP contribution is 2.33. The zero-order valence-corrected chi connectivity index (χ0v) is 18.9. The Morgan fingerprint density at radius 2 is 1.73 bits per heavy atom. The zero-order chi connectivity index (χ0) is 21.8. The van der Waals surface area contributed by atoms with Crippen molar-refractivity contribution in [2.24, 2.45) is 0 Å². The van der Waals surface area contributed by atoms with E-state index in [2.05, 4.69) is 31.0 Å². The number of methoxy groups -OCH3 is 1. The molecule has 2 aromatic carbocycles. The topological polar surface area (TPSA) is 50.8 Å². The molecule has 0 aliphatic heterocycles. The van der Waals surface area contributed by atoms with Crippen LogP contribution in [0.3, 0.4) is 0 Å².